The maximum atomic E-state index is 12.7. The normalized spacial score (nSPS) is 13.7. The van der Waals surface area contributed by atoms with Gasteiger partial charge in [0.1, 0.15) is 9.53 Å². The molecule has 0 bridgehead atoms. The highest BCUT2D eigenvalue weighted by Gasteiger charge is 2.26. The van der Waals surface area contributed by atoms with Crippen molar-refractivity contribution in [2.75, 3.05) is 5.32 Å². The van der Waals surface area contributed by atoms with Gasteiger partial charge < -0.3 is 5.32 Å². The molecule has 3 heterocycles. The molecule has 0 saturated heterocycles. The van der Waals surface area contributed by atoms with Gasteiger partial charge in [0.25, 0.3) is 5.56 Å². The molecule has 3 aromatic heterocycles. The minimum absolute atomic E-state index is 0.0299. The summed E-state index contributed by atoms with van der Waals surface area (Å²) in [7, 11) is 0. The molecular weight excluding hydrogens is 396 g/mol. The second kappa shape index (κ2) is 10.7. The van der Waals surface area contributed by atoms with Gasteiger partial charge in [-0.25, -0.2) is 9.97 Å². The summed E-state index contributed by atoms with van der Waals surface area (Å²) in [6, 6.07) is 1.79. The molecule has 3 aromatic rings. The van der Waals surface area contributed by atoms with Crippen LogP contribution >= 0.6 is 11.3 Å². The van der Waals surface area contributed by atoms with Crippen LogP contribution in [0.15, 0.2) is 23.4 Å². The molecular formula is C23H32N4O2S. The van der Waals surface area contributed by atoms with Crippen molar-refractivity contribution >= 4 is 43.4 Å². The number of hydrogen-bond acceptors (Lipinski definition) is 5. The minimum Gasteiger partial charge on any atom is -0.325 e. The first-order valence-electron chi connectivity index (χ1n) is 11.2. The number of pyridine rings is 1. The number of anilines is 1. The smallest absolute Gasteiger partial charge is 0.271 e. The Labute approximate surface area is 181 Å². The van der Waals surface area contributed by atoms with Gasteiger partial charge in [0.2, 0.25) is 5.91 Å². The van der Waals surface area contributed by atoms with Crippen LogP contribution in [0.1, 0.15) is 72.1 Å². The van der Waals surface area contributed by atoms with Gasteiger partial charge in [0, 0.05) is 18.7 Å². The Morgan fingerprint density at radius 3 is 2.50 bits per heavy atom. The van der Waals surface area contributed by atoms with Gasteiger partial charge >= 0.3 is 0 Å². The summed E-state index contributed by atoms with van der Waals surface area (Å²) in [5.74, 6) is 0.154. The van der Waals surface area contributed by atoms with E-state index in [4.69, 9.17) is 0 Å². The molecule has 1 fully saturated rings. The third-order valence-electron chi connectivity index (χ3n) is 5.54. The molecule has 7 heteroatoms. The number of amides is 1. The van der Waals surface area contributed by atoms with E-state index in [-0.39, 0.29) is 17.4 Å². The summed E-state index contributed by atoms with van der Waals surface area (Å²) >= 11 is 1.35. The Morgan fingerprint density at radius 2 is 1.90 bits per heavy atom. The van der Waals surface area contributed by atoms with Crippen LogP contribution in [0.4, 0.5) is 5.69 Å². The maximum absolute atomic E-state index is 12.7. The van der Waals surface area contributed by atoms with E-state index in [2.05, 4.69) is 36.1 Å². The fraction of sp³-hybridized carbons (Fsp3) is 0.565. The first-order chi connectivity index (χ1) is 14.6. The number of rotatable bonds is 7. The number of aromatic nitrogens is 3. The molecule has 30 heavy (non-hydrogen) atoms. The Hall–Kier alpha value is -2.28. The minimum atomic E-state index is -0.0299. The van der Waals surface area contributed by atoms with Gasteiger partial charge in [-0.15, -0.1) is 11.3 Å². The van der Waals surface area contributed by atoms with E-state index in [1.54, 1.807) is 23.2 Å². The summed E-state index contributed by atoms with van der Waals surface area (Å²) in [5.41, 5.74) is 1.30. The van der Waals surface area contributed by atoms with Gasteiger partial charge in [-0.1, -0.05) is 52.9 Å². The zero-order valence-corrected chi connectivity index (χ0v) is 19.1. The highest BCUT2D eigenvalue weighted by molar-refractivity contribution is 7.25. The van der Waals surface area contributed by atoms with E-state index in [1.807, 2.05) is 0 Å². The highest BCUT2D eigenvalue weighted by atomic mass is 32.1. The Kier molecular flexibility index (Phi) is 7.96. The number of unbranched alkanes of at least 4 members (excludes halogenated alkanes) is 3. The van der Waals surface area contributed by atoms with Crippen molar-refractivity contribution in [1.82, 2.24) is 14.5 Å². The largest absolute Gasteiger partial charge is 0.325 e. The first-order valence-corrected chi connectivity index (χ1v) is 12.0. The van der Waals surface area contributed by atoms with E-state index in [0.29, 0.717) is 22.4 Å². The van der Waals surface area contributed by atoms with Crippen LogP contribution in [0.25, 0.3) is 20.4 Å². The van der Waals surface area contributed by atoms with Crippen molar-refractivity contribution < 1.29 is 4.79 Å². The van der Waals surface area contributed by atoms with Crippen molar-refractivity contribution in [2.45, 2.75) is 78.7 Å². The first kappa shape index (κ1) is 22.4. The summed E-state index contributed by atoms with van der Waals surface area (Å²) in [4.78, 5) is 34.7. The molecule has 0 unspecified atom stereocenters. The lowest BCUT2D eigenvalue weighted by Gasteiger charge is -2.24. The predicted octanol–water partition coefficient (Wildman–Crippen LogP) is 5.74. The predicted molar refractivity (Wildman–Crippen MR) is 125 cm³/mol. The van der Waals surface area contributed by atoms with E-state index < -0.39 is 0 Å². The lowest BCUT2D eigenvalue weighted by molar-refractivity contribution is -0.122. The van der Waals surface area contributed by atoms with Gasteiger partial charge in [-0.2, -0.15) is 0 Å². The maximum Gasteiger partial charge on any atom is 0.271 e. The number of nitrogens with zero attached hydrogens (tertiary/aromatic N) is 3. The molecule has 1 aliphatic carbocycles. The fourth-order valence-corrected chi connectivity index (χ4v) is 4.51. The van der Waals surface area contributed by atoms with Crippen LogP contribution in [-0.4, -0.2) is 20.4 Å². The second-order valence-electron chi connectivity index (χ2n) is 7.89. The van der Waals surface area contributed by atoms with Gasteiger partial charge in [0.15, 0.2) is 0 Å². The number of carbonyl (C=O) groups excluding carboxylic acids is 1. The molecule has 4 rings (SSSR count). The quantitative estimate of drug-likeness (QED) is 0.520. The molecule has 1 amide bonds. The van der Waals surface area contributed by atoms with Crippen LogP contribution < -0.4 is 10.9 Å². The lowest BCUT2D eigenvalue weighted by Crippen LogP contribution is -2.28. The van der Waals surface area contributed by atoms with Crippen molar-refractivity contribution in [2.24, 2.45) is 5.92 Å². The summed E-state index contributed by atoms with van der Waals surface area (Å²) in [6.45, 7) is 7.19. The van der Waals surface area contributed by atoms with Crippen LogP contribution in [0.2, 0.25) is 0 Å². The van der Waals surface area contributed by atoms with Crippen molar-refractivity contribution in [3.8, 4) is 0 Å². The molecule has 1 saturated carbocycles. The molecule has 0 radical (unpaired) electrons. The van der Waals surface area contributed by atoms with Gasteiger partial charge in [-0.05, 0) is 25.3 Å². The molecule has 1 aliphatic rings. The van der Waals surface area contributed by atoms with E-state index in [0.717, 1.165) is 42.3 Å². The SMILES string of the molecule is CCCCC.CCCCn1cnc2c(sc3nccc(NC(=O)C4CCC4)c32)c1=O. The number of thiophene rings is 1. The van der Waals surface area contributed by atoms with E-state index >= 15 is 0 Å². The van der Waals surface area contributed by atoms with Crippen LogP contribution in [0.5, 0.6) is 0 Å². The van der Waals surface area contributed by atoms with Crippen LogP contribution in [0.3, 0.4) is 0 Å². The topological polar surface area (TPSA) is 76.9 Å². The average molecular weight is 429 g/mol. The second-order valence-corrected chi connectivity index (χ2v) is 8.88. The molecule has 0 atom stereocenters. The number of nitrogens with one attached hydrogen (secondary N) is 1. The molecule has 6 nitrogen and oxygen atoms in total. The summed E-state index contributed by atoms with van der Waals surface area (Å²) in [5, 5.41) is 3.79. The third kappa shape index (κ3) is 4.89. The Morgan fingerprint density at radius 1 is 1.17 bits per heavy atom. The Bertz CT molecular complexity index is 1050. The average Bonchev–Trinajstić information content (AvgIpc) is 3.08. The Balaban J connectivity index is 0.000000461. The van der Waals surface area contributed by atoms with Crippen LogP contribution in [-0.2, 0) is 11.3 Å². The van der Waals surface area contributed by atoms with Crippen molar-refractivity contribution in [3.63, 3.8) is 0 Å². The van der Waals surface area contributed by atoms with Gasteiger partial charge in [0.05, 0.1) is 22.9 Å². The molecule has 0 aromatic carbocycles. The van der Waals surface area contributed by atoms with E-state index in [9.17, 15) is 9.59 Å². The van der Waals surface area contributed by atoms with E-state index in [1.165, 1.54) is 30.6 Å². The third-order valence-corrected chi connectivity index (χ3v) is 6.62. The monoisotopic (exact) mass is 428 g/mol. The number of carbonyl (C=O) groups is 1. The zero-order valence-electron chi connectivity index (χ0n) is 18.2. The van der Waals surface area contributed by atoms with Crippen molar-refractivity contribution in [1.29, 1.82) is 0 Å². The lowest BCUT2D eigenvalue weighted by atomic mass is 9.85. The number of hydrogen-bond donors (Lipinski definition) is 1. The fourth-order valence-electron chi connectivity index (χ4n) is 3.44. The highest BCUT2D eigenvalue weighted by Crippen LogP contribution is 2.35. The molecule has 0 spiro atoms. The molecule has 162 valence electrons. The number of fused-ring (bicyclic) bond motifs is 3. The number of aryl methyl sites for hydroxylation is 1. The summed E-state index contributed by atoms with van der Waals surface area (Å²) in [6.07, 6.45) is 12.3. The summed E-state index contributed by atoms with van der Waals surface area (Å²) < 4.78 is 2.26. The van der Waals surface area contributed by atoms with Gasteiger partial charge in [-0.3, -0.25) is 14.2 Å². The van der Waals surface area contributed by atoms with Crippen molar-refractivity contribution in [3.05, 3.63) is 28.9 Å². The zero-order chi connectivity index (χ0) is 21.5. The molecule has 1 N–H and O–H groups in total. The standard InChI is InChI=1S/C18H20N4O2S.C5H12/c1-2-3-9-22-10-20-14-13-12(21-16(23)11-5-4-6-11)7-8-19-17(13)25-15(14)18(22)24;1-3-5-4-2/h7-8,10-11H,2-6,9H2,1H3,(H,19,21,23);3-5H2,1-2H3. The molecule has 0 aliphatic heterocycles. The van der Waals surface area contributed by atoms with Crippen LogP contribution in [0, 0.1) is 5.92 Å².